The topological polar surface area (TPSA) is 71.7 Å². The molecule has 0 atom stereocenters. The van der Waals surface area contributed by atoms with Gasteiger partial charge in [-0.05, 0) is 69.5 Å². The standard InChI is InChI=1S/C24H24FNO4/c1-13-9-15(7-8-16(13)25)26-17-5-4-6-19(27)20(17)21-18(26)12-23(2,3)30-24(21)10-14(11-24)22(28)29/h4-9,14,27H,10-12H2,1-3H3,(H,28,29). The summed E-state index contributed by atoms with van der Waals surface area (Å²) in [6.07, 6.45) is 1.33. The van der Waals surface area contributed by atoms with Crippen LogP contribution in [0.5, 0.6) is 5.75 Å². The lowest BCUT2D eigenvalue weighted by molar-refractivity contribution is -0.218. The summed E-state index contributed by atoms with van der Waals surface area (Å²) in [5.74, 6) is -1.42. The van der Waals surface area contributed by atoms with Crippen LogP contribution in [0, 0.1) is 18.7 Å². The van der Waals surface area contributed by atoms with Gasteiger partial charge in [-0.2, -0.15) is 0 Å². The van der Waals surface area contributed by atoms with E-state index >= 15 is 0 Å². The normalized spacial score (nSPS) is 24.6. The first-order valence-electron chi connectivity index (χ1n) is 10.2. The van der Waals surface area contributed by atoms with Crippen LogP contribution in [0.4, 0.5) is 4.39 Å². The minimum absolute atomic E-state index is 0.141. The number of ether oxygens (including phenoxy) is 1. The number of fused-ring (bicyclic) bond motifs is 4. The zero-order valence-corrected chi connectivity index (χ0v) is 17.2. The largest absolute Gasteiger partial charge is 0.507 e. The molecule has 2 N–H and O–H groups in total. The molecule has 2 aliphatic rings. The van der Waals surface area contributed by atoms with Crippen LogP contribution in [-0.2, 0) is 21.6 Å². The second kappa shape index (κ2) is 6.08. The summed E-state index contributed by atoms with van der Waals surface area (Å²) in [5.41, 5.74) is 2.76. The van der Waals surface area contributed by atoms with Crippen molar-refractivity contribution in [2.24, 2.45) is 5.92 Å². The van der Waals surface area contributed by atoms with Crippen molar-refractivity contribution in [3.63, 3.8) is 0 Å². The Morgan fingerprint density at radius 1 is 1.23 bits per heavy atom. The van der Waals surface area contributed by atoms with Gasteiger partial charge >= 0.3 is 5.97 Å². The summed E-state index contributed by atoms with van der Waals surface area (Å²) in [6.45, 7) is 5.74. The molecule has 1 aliphatic carbocycles. The van der Waals surface area contributed by atoms with Gasteiger partial charge in [0.25, 0.3) is 0 Å². The summed E-state index contributed by atoms with van der Waals surface area (Å²) in [6, 6.07) is 10.4. The number of aryl methyl sites for hydroxylation is 1. The van der Waals surface area contributed by atoms with E-state index in [1.807, 2.05) is 19.9 Å². The number of aliphatic carboxylic acids is 1. The molecule has 1 fully saturated rings. The van der Waals surface area contributed by atoms with Crippen molar-refractivity contribution in [3.05, 3.63) is 59.0 Å². The minimum Gasteiger partial charge on any atom is -0.507 e. The number of carbonyl (C=O) groups is 1. The van der Waals surface area contributed by atoms with Crippen molar-refractivity contribution in [3.8, 4) is 11.4 Å². The average molecular weight is 409 g/mol. The molecule has 3 aromatic rings. The number of halogens is 1. The molecule has 156 valence electrons. The number of aromatic hydroxyl groups is 1. The van der Waals surface area contributed by atoms with Crippen LogP contribution in [0.1, 0.15) is 43.5 Å². The smallest absolute Gasteiger partial charge is 0.306 e. The predicted molar refractivity (Wildman–Crippen MR) is 111 cm³/mol. The molecule has 30 heavy (non-hydrogen) atoms. The fraction of sp³-hybridized carbons (Fsp3) is 0.375. The van der Waals surface area contributed by atoms with Crippen LogP contribution in [0.25, 0.3) is 16.6 Å². The number of phenols is 1. The fourth-order valence-electron chi connectivity index (χ4n) is 5.31. The van der Waals surface area contributed by atoms with E-state index in [1.54, 1.807) is 31.2 Å². The predicted octanol–water partition coefficient (Wildman–Crippen LogP) is 4.82. The molecule has 0 unspecified atom stereocenters. The van der Waals surface area contributed by atoms with Crippen LogP contribution < -0.4 is 0 Å². The molecule has 5 rings (SSSR count). The number of hydrogen-bond donors (Lipinski definition) is 2. The maximum atomic E-state index is 14.0. The number of rotatable bonds is 2. The number of nitrogens with zero attached hydrogens (tertiary/aromatic N) is 1. The van der Waals surface area contributed by atoms with Crippen molar-refractivity contribution < 1.29 is 24.1 Å². The van der Waals surface area contributed by atoms with Gasteiger partial charge in [0.05, 0.1) is 22.6 Å². The molecule has 1 spiro atoms. The maximum absolute atomic E-state index is 14.0. The Bertz CT molecular complexity index is 1200. The van der Waals surface area contributed by atoms with Gasteiger partial charge in [-0.3, -0.25) is 4.79 Å². The molecule has 1 aliphatic heterocycles. The van der Waals surface area contributed by atoms with Crippen LogP contribution in [-0.4, -0.2) is 26.4 Å². The first-order valence-corrected chi connectivity index (χ1v) is 10.2. The fourth-order valence-corrected chi connectivity index (χ4v) is 5.31. The average Bonchev–Trinajstić information content (AvgIpc) is 2.95. The number of hydrogen-bond acceptors (Lipinski definition) is 3. The van der Waals surface area contributed by atoms with Gasteiger partial charge in [0.15, 0.2) is 0 Å². The van der Waals surface area contributed by atoms with E-state index in [4.69, 9.17) is 4.74 Å². The Kier molecular flexibility index (Phi) is 3.87. The van der Waals surface area contributed by atoms with Crippen molar-refractivity contribution in [1.29, 1.82) is 0 Å². The number of carboxylic acid groups (broad SMARTS) is 1. The van der Waals surface area contributed by atoms with E-state index in [9.17, 15) is 19.4 Å². The highest BCUT2D eigenvalue weighted by molar-refractivity contribution is 5.94. The Labute approximate surface area is 173 Å². The zero-order chi connectivity index (χ0) is 21.4. The number of aromatic nitrogens is 1. The minimum atomic E-state index is -0.823. The molecule has 1 aromatic heterocycles. The van der Waals surface area contributed by atoms with Crippen molar-refractivity contribution in [2.75, 3.05) is 0 Å². The maximum Gasteiger partial charge on any atom is 0.306 e. The molecule has 0 bridgehead atoms. The molecule has 6 heteroatoms. The Morgan fingerprint density at radius 2 is 1.97 bits per heavy atom. The lowest BCUT2D eigenvalue weighted by atomic mass is 9.64. The Morgan fingerprint density at radius 3 is 2.63 bits per heavy atom. The lowest BCUT2D eigenvalue weighted by Gasteiger charge is -2.53. The highest BCUT2D eigenvalue weighted by Crippen LogP contribution is 2.58. The molecular formula is C24H24FNO4. The quantitative estimate of drug-likeness (QED) is 0.636. The summed E-state index contributed by atoms with van der Waals surface area (Å²) in [7, 11) is 0. The Balaban J connectivity index is 1.83. The number of carboxylic acids is 1. The molecule has 0 amide bonds. The van der Waals surface area contributed by atoms with Crippen LogP contribution >= 0.6 is 0 Å². The number of phenolic OH excluding ortho intramolecular Hbond substituents is 1. The van der Waals surface area contributed by atoms with E-state index in [0.717, 1.165) is 22.5 Å². The third-order valence-corrected chi connectivity index (χ3v) is 6.49. The summed E-state index contributed by atoms with van der Waals surface area (Å²) in [4.78, 5) is 11.6. The summed E-state index contributed by atoms with van der Waals surface area (Å²) >= 11 is 0. The first kappa shape index (κ1) is 19.1. The van der Waals surface area contributed by atoms with Gasteiger partial charge in [-0.25, -0.2) is 4.39 Å². The van der Waals surface area contributed by atoms with E-state index in [-0.39, 0.29) is 11.6 Å². The van der Waals surface area contributed by atoms with Crippen molar-refractivity contribution in [1.82, 2.24) is 4.57 Å². The van der Waals surface area contributed by atoms with E-state index in [2.05, 4.69) is 4.57 Å². The second-order valence-corrected chi connectivity index (χ2v) is 9.24. The summed E-state index contributed by atoms with van der Waals surface area (Å²) in [5, 5.41) is 21.0. The molecule has 5 nitrogen and oxygen atoms in total. The van der Waals surface area contributed by atoms with Gasteiger partial charge in [-0.1, -0.05) is 6.07 Å². The van der Waals surface area contributed by atoms with Gasteiger partial charge in [0, 0.05) is 28.8 Å². The van der Waals surface area contributed by atoms with Gasteiger partial charge in [0.2, 0.25) is 0 Å². The van der Waals surface area contributed by atoms with Crippen molar-refractivity contribution >= 4 is 16.9 Å². The summed E-state index contributed by atoms with van der Waals surface area (Å²) < 4.78 is 22.5. The second-order valence-electron chi connectivity index (χ2n) is 9.24. The molecular weight excluding hydrogens is 385 g/mol. The van der Waals surface area contributed by atoms with Crippen LogP contribution in [0.2, 0.25) is 0 Å². The lowest BCUT2D eigenvalue weighted by Crippen LogP contribution is -2.54. The zero-order valence-electron chi connectivity index (χ0n) is 17.2. The van der Waals surface area contributed by atoms with E-state index in [0.29, 0.717) is 30.2 Å². The molecule has 1 saturated carbocycles. The van der Waals surface area contributed by atoms with Crippen LogP contribution in [0.15, 0.2) is 36.4 Å². The molecule has 0 radical (unpaired) electrons. The van der Waals surface area contributed by atoms with Crippen molar-refractivity contribution in [2.45, 2.75) is 51.2 Å². The highest BCUT2D eigenvalue weighted by atomic mass is 19.1. The molecule has 0 saturated heterocycles. The van der Waals surface area contributed by atoms with E-state index in [1.165, 1.54) is 6.07 Å². The van der Waals surface area contributed by atoms with Gasteiger partial charge in [-0.15, -0.1) is 0 Å². The Hall–Kier alpha value is -2.86. The third kappa shape index (κ3) is 2.59. The third-order valence-electron chi connectivity index (χ3n) is 6.49. The molecule has 2 aromatic carbocycles. The highest BCUT2D eigenvalue weighted by Gasteiger charge is 2.57. The first-order chi connectivity index (χ1) is 14.1. The van der Waals surface area contributed by atoms with Gasteiger partial charge in [0.1, 0.15) is 11.6 Å². The van der Waals surface area contributed by atoms with E-state index < -0.39 is 23.1 Å². The monoisotopic (exact) mass is 409 g/mol. The SMILES string of the molecule is Cc1cc(-n2c3c(c4c(O)cccc42)C2(CC(C(=O)O)C2)OC(C)(C)C3)ccc1F. The number of benzene rings is 2. The molecule has 2 heterocycles. The van der Waals surface area contributed by atoms with Gasteiger partial charge < -0.3 is 19.5 Å². The van der Waals surface area contributed by atoms with Crippen LogP contribution in [0.3, 0.4) is 0 Å².